The van der Waals surface area contributed by atoms with E-state index >= 15 is 0 Å². The maximum atomic E-state index is 12.7. The van der Waals surface area contributed by atoms with Crippen molar-refractivity contribution in [3.05, 3.63) is 35.7 Å². The highest BCUT2D eigenvalue weighted by molar-refractivity contribution is 7.80. The van der Waals surface area contributed by atoms with Crippen molar-refractivity contribution in [2.75, 3.05) is 19.0 Å². The van der Waals surface area contributed by atoms with Crippen LogP contribution in [0.3, 0.4) is 0 Å². The Morgan fingerprint density at radius 2 is 2.11 bits per heavy atom. The average molecular weight is 405 g/mol. The summed E-state index contributed by atoms with van der Waals surface area (Å²) >= 11 is 4.18. The van der Waals surface area contributed by atoms with Gasteiger partial charge in [0.2, 0.25) is 0 Å². The summed E-state index contributed by atoms with van der Waals surface area (Å²) in [5, 5.41) is 0. The molecular weight excluding hydrogens is 372 g/mol. The SMILES string of the molecule is C=N/C=C1/C=C(N2CC(C)N(C(=O)OC(C)(C)C)C(CC)C2)C=C/C1=N/CS. The molecule has 0 radical (unpaired) electrons. The number of rotatable bonds is 4. The highest BCUT2D eigenvalue weighted by Gasteiger charge is 2.37. The Morgan fingerprint density at radius 3 is 2.68 bits per heavy atom. The normalized spacial score (nSPS) is 25.9. The molecule has 1 aliphatic heterocycles. The molecule has 154 valence electrons. The summed E-state index contributed by atoms with van der Waals surface area (Å²) in [5.74, 6) is 0.417. The van der Waals surface area contributed by atoms with Gasteiger partial charge < -0.3 is 9.64 Å². The molecule has 6 nitrogen and oxygen atoms in total. The van der Waals surface area contributed by atoms with Crippen LogP contribution in [-0.4, -0.2) is 65.0 Å². The van der Waals surface area contributed by atoms with Gasteiger partial charge in [-0.3, -0.25) is 14.9 Å². The number of nitrogens with zero attached hydrogens (tertiary/aromatic N) is 4. The predicted molar refractivity (Wildman–Crippen MR) is 119 cm³/mol. The third-order valence-corrected chi connectivity index (χ3v) is 4.85. The zero-order valence-corrected chi connectivity index (χ0v) is 18.4. The molecule has 2 atom stereocenters. The number of aliphatic imine (C=N–C) groups is 2. The third-order valence-electron chi connectivity index (χ3n) is 4.71. The molecule has 2 unspecified atom stereocenters. The van der Waals surface area contributed by atoms with Gasteiger partial charge in [-0.05, 0) is 59.1 Å². The average Bonchev–Trinajstić information content (AvgIpc) is 2.61. The lowest BCUT2D eigenvalue weighted by Gasteiger charge is -2.47. The van der Waals surface area contributed by atoms with Gasteiger partial charge in [-0.25, -0.2) is 4.79 Å². The van der Waals surface area contributed by atoms with E-state index in [4.69, 9.17) is 4.74 Å². The molecule has 28 heavy (non-hydrogen) atoms. The van der Waals surface area contributed by atoms with E-state index in [0.717, 1.165) is 36.5 Å². The van der Waals surface area contributed by atoms with Crippen LogP contribution in [0.5, 0.6) is 0 Å². The fourth-order valence-electron chi connectivity index (χ4n) is 3.52. The molecule has 2 aliphatic rings. The molecule has 1 heterocycles. The second-order valence-electron chi connectivity index (χ2n) is 8.06. The van der Waals surface area contributed by atoms with Crippen LogP contribution in [-0.2, 0) is 4.74 Å². The topological polar surface area (TPSA) is 57.5 Å². The molecule has 0 aromatic rings. The lowest BCUT2D eigenvalue weighted by atomic mass is 10.00. The quantitative estimate of drug-likeness (QED) is 0.568. The van der Waals surface area contributed by atoms with Crippen molar-refractivity contribution in [1.82, 2.24) is 9.80 Å². The van der Waals surface area contributed by atoms with E-state index in [2.05, 4.69) is 60.2 Å². The summed E-state index contributed by atoms with van der Waals surface area (Å²) in [7, 11) is 0. The van der Waals surface area contributed by atoms with E-state index in [-0.39, 0.29) is 18.2 Å². The van der Waals surface area contributed by atoms with Gasteiger partial charge in [0.05, 0.1) is 23.7 Å². The minimum absolute atomic E-state index is 0.0420. The number of amides is 1. The van der Waals surface area contributed by atoms with Crippen molar-refractivity contribution in [3.63, 3.8) is 0 Å². The third kappa shape index (κ3) is 5.50. The van der Waals surface area contributed by atoms with Crippen LogP contribution in [0.2, 0.25) is 0 Å². The zero-order valence-electron chi connectivity index (χ0n) is 17.6. The number of ether oxygens (including phenoxy) is 1. The van der Waals surface area contributed by atoms with Gasteiger partial charge in [0, 0.05) is 30.6 Å². The van der Waals surface area contributed by atoms with Crippen molar-refractivity contribution in [2.45, 2.75) is 58.7 Å². The second-order valence-corrected chi connectivity index (χ2v) is 8.34. The second kappa shape index (κ2) is 9.45. The van der Waals surface area contributed by atoms with Gasteiger partial charge in [-0.1, -0.05) is 6.92 Å². The Balaban J connectivity index is 2.22. The molecule has 0 N–H and O–H groups in total. The highest BCUT2D eigenvalue weighted by atomic mass is 32.1. The number of carbonyl (C=O) groups is 1. The number of hydrogen-bond donors (Lipinski definition) is 1. The minimum atomic E-state index is -0.499. The Hall–Kier alpha value is -2.02. The Bertz CT molecular complexity index is 718. The van der Waals surface area contributed by atoms with E-state index < -0.39 is 5.60 Å². The smallest absolute Gasteiger partial charge is 0.410 e. The van der Waals surface area contributed by atoms with Crippen molar-refractivity contribution < 1.29 is 9.53 Å². The summed E-state index contributed by atoms with van der Waals surface area (Å²) in [6.07, 6.45) is 8.45. The largest absolute Gasteiger partial charge is 0.444 e. The number of piperazine rings is 1. The molecule has 0 aromatic heterocycles. The van der Waals surface area contributed by atoms with Crippen LogP contribution < -0.4 is 0 Å². The van der Waals surface area contributed by atoms with E-state index in [1.54, 1.807) is 6.20 Å². The van der Waals surface area contributed by atoms with E-state index in [1.807, 2.05) is 31.7 Å². The van der Waals surface area contributed by atoms with Gasteiger partial charge in [0.15, 0.2) is 0 Å². The van der Waals surface area contributed by atoms with E-state index in [0.29, 0.717) is 5.88 Å². The molecule has 0 saturated carbocycles. The maximum Gasteiger partial charge on any atom is 0.410 e. The predicted octanol–water partition coefficient (Wildman–Crippen LogP) is 4.07. The minimum Gasteiger partial charge on any atom is -0.444 e. The van der Waals surface area contributed by atoms with Crippen LogP contribution in [0.15, 0.2) is 45.7 Å². The van der Waals surface area contributed by atoms with Gasteiger partial charge in [-0.15, -0.1) is 0 Å². The van der Waals surface area contributed by atoms with Crippen LogP contribution in [0, 0.1) is 0 Å². The van der Waals surface area contributed by atoms with Crippen LogP contribution in [0.1, 0.15) is 41.0 Å². The van der Waals surface area contributed by atoms with Crippen molar-refractivity contribution >= 4 is 31.2 Å². The van der Waals surface area contributed by atoms with Crippen molar-refractivity contribution in [3.8, 4) is 0 Å². The molecule has 1 fully saturated rings. The monoisotopic (exact) mass is 404 g/mol. The molecule has 0 bridgehead atoms. The Morgan fingerprint density at radius 1 is 1.39 bits per heavy atom. The molecule has 1 amide bonds. The number of carbonyl (C=O) groups excluding carboxylic acids is 1. The lowest BCUT2D eigenvalue weighted by molar-refractivity contribution is -0.0136. The lowest BCUT2D eigenvalue weighted by Crippen LogP contribution is -2.59. The first kappa shape index (κ1) is 22.3. The van der Waals surface area contributed by atoms with Crippen LogP contribution in [0.25, 0.3) is 0 Å². The van der Waals surface area contributed by atoms with E-state index in [1.165, 1.54) is 0 Å². The first-order valence-electron chi connectivity index (χ1n) is 9.67. The number of hydrogen-bond acceptors (Lipinski definition) is 6. The van der Waals surface area contributed by atoms with Gasteiger partial charge in [0.25, 0.3) is 0 Å². The highest BCUT2D eigenvalue weighted by Crippen LogP contribution is 2.27. The summed E-state index contributed by atoms with van der Waals surface area (Å²) in [6, 6.07) is 0.130. The summed E-state index contributed by atoms with van der Waals surface area (Å²) in [5.41, 5.74) is 2.35. The molecule has 1 saturated heterocycles. The van der Waals surface area contributed by atoms with Crippen LogP contribution in [0.4, 0.5) is 4.79 Å². The first-order valence-corrected chi connectivity index (χ1v) is 10.3. The Labute approximate surface area is 174 Å². The molecule has 7 heteroatoms. The summed E-state index contributed by atoms with van der Waals surface area (Å²) in [6.45, 7) is 14.9. The standard InChI is InChI=1S/C21H32N4O2S/c1-7-17-13-24(12-15(2)25(17)20(26)27-21(3,4)5)18-8-9-19(23-14-28)16(10-18)11-22-6/h8-11,15,17,28H,6-7,12-14H2,1-5H3/b16-11-,23-19-. The van der Waals surface area contributed by atoms with E-state index in [9.17, 15) is 4.79 Å². The zero-order chi connectivity index (χ0) is 20.9. The van der Waals surface area contributed by atoms with Crippen molar-refractivity contribution in [2.24, 2.45) is 9.98 Å². The fourth-order valence-corrected chi connectivity index (χ4v) is 3.68. The maximum absolute atomic E-state index is 12.7. The molecular formula is C21H32N4O2S. The van der Waals surface area contributed by atoms with Gasteiger partial charge in [0.1, 0.15) is 5.60 Å². The molecule has 2 rings (SSSR count). The van der Waals surface area contributed by atoms with Gasteiger partial charge >= 0.3 is 6.09 Å². The summed E-state index contributed by atoms with van der Waals surface area (Å²) in [4.78, 5) is 25.2. The number of allylic oxidation sites excluding steroid dienone is 4. The Kier molecular flexibility index (Phi) is 7.52. The fraction of sp³-hybridized carbons (Fsp3) is 0.571. The molecule has 1 aliphatic carbocycles. The molecule has 0 spiro atoms. The molecule has 0 aromatic carbocycles. The summed E-state index contributed by atoms with van der Waals surface area (Å²) < 4.78 is 5.64. The van der Waals surface area contributed by atoms with Crippen molar-refractivity contribution in [1.29, 1.82) is 0 Å². The first-order chi connectivity index (χ1) is 13.2. The van der Waals surface area contributed by atoms with Gasteiger partial charge in [-0.2, -0.15) is 12.6 Å². The van der Waals surface area contributed by atoms with Crippen LogP contribution >= 0.6 is 12.6 Å². The number of thiol groups is 1.